The lowest BCUT2D eigenvalue weighted by Gasteiger charge is -2.00. The van der Waals surface area contributed by atoms with Gasteiger partial charge in [0.05, 0.1) is 19.8 Å². The van der Waals surface area contributed by atoms with Crippen molar-refractivity contribution in [2.24, 2.45) is 0 Å². The number of rotatable bonds is 3. The molecular formula is C9H11NO2. The predicted molar refractivity (Wildman–Crippen MR) is 44.2 cm³/mol. The summed E-state index contributed by atoms with van der Waals surface area (Å²) in [4.78, 5) is 4.21. The molecule has 0 bridgehead atoms. The minimum Gasteiger partial charge on any atom is -0.497 e. The lowest BCUT2D eigenvalue weighted by atomic mass is 10.2. The molecule has 1 fully saturated rings. The fraction of sp³-hybridized carbons (Fsp3) is 0.444. The molecule has 3 nitrogen and oxygen atoms in total. The fourth-order valence-electron chi connectivity index (χ4n) is 1.11. The average molecular weight is 165 g/mol. The molecule has 1 aliphatic heterocycles. The highest BCUT2D eigenvalue weighted by Gasteiger charge is 2.23. The van der Waals surface area contributed by atoms with Crippen molar-refractivity contribution >= 4 is 0 Å². The molecule has 1 aliphatic rings. The minimum absolute atomic E-state index is 0.393. The van der Waals surface area contributed by atoms with E-state index in [1.165, 1.54) is 0 Å². The molecule has 1 aromatic heterocycles. The summed E-state index contributed by atoms with van der Waals surface area (Å²) in [5, 5.41) is 0. The number of epoxide rings is 1. The molecule has 12 heavy (non-hydrogen) atoms. The van der Waals surface area contributed by atoms with Crippen LogP contribution in [0.5, 0.6) is 5.75 Å². The van der Waals surface area contributed by atoms with Crippen LogP contribution in [0, 0.1) is 0 Å². The summed E-state index contributed by atoms with van der Waals surface area (Å²) in [6.45, 7) is 0.874. The van der Waals surface area contributed by atoms with Gasteiger partial charge in [-0.15, -0.1) is 0 Å². The second kappa shape index (κ2) is 3.11. The van der Waals surface area contributed by atoms with Gasteiger partial charge in [-0.25, -0.2) is 0 Å². The number of ether oxygens (including phenoxy) is 2. The summed E-state index contributed by atoms with van der Waals surface area (Å²) < 4.78 is 10.2. The lowest BCUT2D eigenvalue weighted by molar-refractivity contribution is 0.402. The maximum Gasteiger partial charge on any atom is 0.122 e. The van der Waals surface area contributed by atoms with Crippen LogP contribution in [0.25, 0.3) is 0 Å². The number of aromatic nitrogens is 1. The van der Waals surface area contributed by atoms with Gasteiger partial charge >= 0.3 is 0 Å². The Labute approximate surface area is 71.3 Å². The first-order chi connectivity index (χ1) is 5.88. The second-order valence-electron chi connectivity index (χ2n) is 2.85. The highest BCUT2D eigenvalue weighted by atomic mass is 16.6. The van der Waals surface area contributed by atoms with E-state index in [1.807, 2.05) is 12.1 Å². The molecule has 1 saturated heterocycles. The molecule has 2 heterocycles. The van der Waals surface area contributed by atoms with Crippen LogP contribution in [0.3, 0.4) is 0 Å². The zero-order chi connectivity index (χ0) is 8.39. The maximum absolute atomic E-state index is 5.11. The predicted octanol–water partition coefficient (Wildman–Crippen LogP) is 1.03. The molecule has 0 radical (unpaired) electrons. The zero-order valence-electron chi connectivity index (χ0n) is 6.99. The molecule has 0 N–H and O–H groups in total. The van der Waals surface area contributed by atoms with Crippen LogP contribution in [0.1, 0.15) is 5.69 Å². The maximum atomic E-state index is 5.11. The van der Waals surface area contributed by atoms with Gasteiger partial charge in [0, 0.05) is 24.4 Å². The van der Waals surface area contributed by atoms with E-state index in [0.717, 1.165) is 24.5 Å². The van der Waals surface area contributed by atoms with E-state index in [9.17, 15) is 0 Å². The van der Waals surface area contributed by atoms with Gasteiger partial charge in [-0.2, -0.15) is 0 Å². The summed E-state index contributed by atoms with van der Waals surface area (Å²) in [5.41, 5.74) is 1.04. The normalized spacial score (nSPS) is 20.6. The van der Waals surface area contributed by atoms with Crippen molar-refractivity contribution in [3.63, 3.8) is 0 Å². The van der Waals surface area contributed by atoms with Crippen LogP contribution in [0.4, 0.5) is 0 Å². The average Bonchev–Trinajstić information content (AvgIpc) is 2.89. The van der Waals surface area contributed by atoms with Crippen LogP contribution in [0.2, 0.25) is 0 Å². The Morgan fingerprint density at radius 1 is 1.75 bits per heavy atom. The zero-order valence-corrected chi connectivity index (χ0v) is 6.99. The molecule has 3 heteroatoms. The van der Waals surface area contributed by atoms with Gasteiger partial charge in [-0.1, -0.05) is 0 Å². The smallest absolute Gasteiger partial charge is 0.122 e. The Kier molecular flexibility index (Phi) is 1.96. The Morgan fingerprint density at radius 2 is 2.58 bits per heavy atom. The van der Waals surface area contributed by atoms with Crippen molar-refractivity contribution in [3.05, 3.63) is 24.0 Å². The molecule has 0 saturated carbocycles. The van der Waals surface area contributed by atoms with Crippen LogP contribution in [-0.2, 0) is 11.2 Å². The van der Waals surface area contributed by atoms with Crippen LogP contribution in [-0.4, -0.2) is 24.8 Å². The van der Waals surface area contributed by atoms with Crippen LogP contribution in [0.15, 0.2) is 18.3 Å². The molecule has 64 valence electrons. The molecule has 1 atom stereocenters. The first kappa shape index (κ1) is 7.55. The van der Waals surface area contributed by atoms with Crippen LogP contribution >= 0.6 is 0 Å². The van der Waals surface area contributed by atoms with Crippen molar-refractivity contribution < 1.29 is 9.47 Å². The summed E-state index contributed by atoms with van der Waals surface area (Å²) in [7, 11) is 1.66. The molecule has 1 unspecified atom stereocenters. The second-order valence-corrected chi connectivity index (χ2v) is 2.85. The highest BCUT2D eigenvalue weighted by molar-refractivity contribution is 5.23. The van der Waals surface area contributed by atoms with Gasteiger partial charge in [-0.3, -0.25) is 4.98 Å². The minimum atomic E-state index is 0.393. The summed E-state index contributed by atoms with van der Waals surface area (Å²) in [6, 6.07) is 3.79. The number of hydrogen-bond acceptors (Lipinski definition) is 3. The lowest BCUT2D eigenvalue weighted by Crippen LogP contribution is -1.96. The monoisotopic (exact) mass is 165 g/mol. The summed E-state index contributed by atoms with van der Waals surface area (Å²) >= 11 is 0. The van der Waals surface area contributed by atoms with E-state index >= 15 is 0 Å². The quantitative estimate of drug-likeness (QED) is 0.627. The fourth-order valence-corrected chi connectivity index (χ4v) is 1.11. The third-order valence-corrected chi connectivity index (χ3v) is 1.86. The van der Waals surface area contributed by atoms with E-state index in [2.05, 4.69) is 4.98 Å². The Hall–Kier alpha value is -1.09. The van der Waals surface area contributed by atoms with Gasteiger partial charge < -0.3 is 9.47 Å². The van der Waals surface area contributed by atoms with Gasteiger partial charge in [-0.05, 0) is 6.07 Å². The van der Waals surface area contributed by atoms with Crippen molar-refractivity contribution in [3.8, 4) is 5.75 Å². The van der Waals surface area contributed by atoms with Crippen molar-refractivity contribution in [2.45, 2.75) is 12.5 Å². The standard InChI is InChI=1S/C9H11NO2/c1-11-8-2-3-10-7(4-8)5-9-6-12-9/h2-4,9H,5-6H2,1H3. The Bertz CT molecular complexity index is 271. The number of methoxy groups -OCH3 is 1. The van der Waals surface area contributed by atoms with Crippen molar-refractivity contribution in [1.82, 2.24) is 4.98 Å². The van der Waals surface area contributed by atoms with Gasteiger partial charge in [0.1, 0.15) is 5.75 Å². The molecule has 0 spiro atoms. The first-order valence-corrected chi connectivity index (χ1v) is 3.99. The third-order valence-electron chi connectivity index (χ3n) is 1.86. The Morgan fingerprint density at radius 3 is 3.25 bits per heavy atom. The molecule has 1 aromatic rings. The molecule has 0 aliphatic carbocycles. The van der Waals surface area contributed by atoms with Crippen LogP contribution < -0.4 is 4.74 Å². The van der Waals surface area contributed by atoms with Gasteiger partial charge in [0.15, 0.2) is 0 Å². The topological polar surface area (TPSA) is 34.6 Å². The summed E-state index contributed by atoms with van der Waals surface area (Å²) in [5.74, 6) is 0.862. The van der Waals surface area contributed by atoms with E-state index in [1.54, 1.807) is 13.3 Å². The van der Waals surface area contributed by atoms with Crippen molar-refractivity contribution in [2.75, 3.05) is 13.7 Å². The van der Waals surface area contributed by atoms with E-state index in [0.29, 0.717) is 6.10 Å². The van der Waals surface area contributed by atoms with E-state index < -0.39 is 0 Å². The molecule has 0 aromatic carbocycles. The summed E-state index contributed by atoms with van der Waals surface area (Å²) in [6.07, 6.45) is 3.05. The third kappa shape index (κ3) is 1.74. The number of nitrogens with zero attached hydrogens (tertiary/aromatic N) is 1. The van der Waals surface area contributed by atoms with Gasteiger partial charge in [0.2, 0.25) is 0 Å². The number of pyridine rings is 1. The number of hydrogen-bond donors (Lipinski definition) is 0. The molecule has 0 amide bonds. The van der Waals surface area contributed by atoms with E-state index in [-0.39, 0.29) is 0 Å². The highest BCUT2D eigenvalue weighted by Crippen LogP contribution is 2.17. The van der Waals surface area contributed by atoms with Crippen molar-refractivity contribution in [1.29, 1.82) is 0 Å². The largest absolute Gasteiger partial charge is 0.497 e. The first-order valence-electron chi connectivity index (χ1n) is 3.99. The molecule has 2 rings (SSSR count). The van der Waals surface area contributed by atoms with E-state index in [4.69, 9.17) is 9.47 Å². The Balaban J connectivity index is 2.08. The van der Waals surface area contributed by atoms with Gasteiger partial charge in [0.25, 0.3) is 0 Å². The SMILES string of the molecule is COc1ccnc(CC2CO2)c1. The molecular weight excluding hydrogens is 154 g/mol.